The third-order valence-corrected chi connectivity index (χ3v) is 6.36. The van der Waals surface area contributed by atoms with E-state index in [4.69, 9.17) is 38.0 Å². The second kappa shape index (κ2) is 12.8. The van der Waals surface area contributed by atoms with Crippen molar-refractivity contribution < 1.29 is 23.8 Å². The van der Waals surface area contributed by atoms with E-state index >= 15 is 0 Å². The van der Waals surface area contributed by atoms with Crippen LogP contribution in [0.15, 0.2) is 30.3 Å². The Bertz CT molecular complexity index is 1130. The lowest BCUT2D eigenvalue weighted by Crippen LogP contribution is -2.49. The number of amides is 2. The van der Waals surface area contributed by atoms with Crippen molar-refractivity contribution in [1.82, 2.24) is 10.2 Å². The van der Waals surface area contributed by atoms with Gasteiger partial charge in [0.05, 0.1) is 32.7 Å². The van der Waals surface area contributed by atoms with E-state index in [1.54, 1.807) is 24.3 Å². The van der Waals surface area contributed by atoms with Gasteiger partial charge in [-0.15, -0.1) is 0 Å². The molecule has 1 heterocycles. The van der Waals surface area contributed by atoms with Crippen LogP contribution in [0.1, 0.15) is 30.6 Å². The van der Waals surface area contributed by atoms with Gasteiger partial charge >= 0.3 is 0 Å². The SMILES string of the molecule is COc1cc(C(=O)NC(=S)Nc2cc(Cl)ccc2N2CCN(C(=O)CC(C)C)CC2)cc(OC)c1OC. The Morgan fingerprint density at radius 2 is 1.62 bits per heavy atom. The Hall–Kier alpha value is -3.24. The Labute approximate surface area is 228 Å². The first-order valence-electron chi connectivity index (χ1n) is 11.9. The lowest BCUT2D eigenvalue weighted by molar-refractivity contribution is -0.132. The van der Waals surface area contributed by atoms with Crippen LogP contribution in [-0.2, 0) is 4.79 Å². The summed E-state index contributed by atoms with van der Waals surface area (Å²) in [5, 5.41) is 6.41. The monoisotopic (exact) mass is 548 g/mol. The lowest BCUT2D eigenvalue weighted by Gasteiger charge is -2.37. The number of nitrogens with zero attached hydrogens (tertiary/aromatic N) is 2. The van der Waals surface area contributed by atoms with Gasteiger partial charge in [-0.05, 0) is 48.5 Å². The van der Waals surface area contributed by atoms with Gasteiger partial charge in [0.1, 0.15) is 0 Å². The first-order valence-corrected chi connectivity index (χ1v) is 12.7. The number of piperazine rings is 1. The number of benzene rings is 2. The fraction of sp³-hybridized carbons (Fsp3) is 0.423. The second-order valence-electron chi connectivity index (χ2n) is 8.95. The smallest absolute Gasteiger partial charge is 0.257 e. The molecule has 2 N–H and O–H groups in total. The van der Waals surface area contributed by atoms with Crippen molar-refractivity contribution in [3.05, 3.63) is 40.9 Å². The summed E-state index contributed by atoms with van der Waals surface area (Å²) in [6.07, 6.45) is 0.549. The third kappa shape index (κ3) is 7.17. The number of halogens is 1. The number of hydrogen-bond acceptors (Lipinski definition) is 7. The first kappa shape index (κ1) is 28.3. The molecule has 1 fully saturated rings. The number of carbonyl (C=O) groups excluding carboxylic acids is 2. The van der Waals surface area contributed by atoms with Crippen molar-refractivity contribution in [3.63, 3.8) is 0 Å². The second-order valence-corrected chi connectivity index (χ2v) is 9.79. The molecule has 0 bridgehead atoms. The van der Waals surface area contributed by atoms with Crippen molar-refractivity contribution in [1.29, 1.82) is 0 Å². The Kier molecular flexibility index (Phi) is 9.82. The number of nitrogens with one attached hydrogen (secondary N) is 2. The molecular formula is C26H33ClN4O5S. The number of ether oxygens (including phenoxy) is 3. The zero-order valence-electron chi connectivity index (χ0n) is 21.7. The molecule has 9 nitrogen and oxygen atoms in total. The Balaban J connectivity index is 1.71. The van der Waals surface area contributed by atoms with E-state index in [9.17, 15) is 9.59 Å². The lowest BCUT2D eigenvalue weighted by atomic mass is 10.1. The van der Waals surface area contributed by atoms with Gasteiger partial charge in [-0.1, -0.05) is 25.4 Å². The number of thiocarbonyl (C=S) groups is 1. The summed E-state index contributed by atoms with van der Waals surface area (Å²) in [5.74, 6) is 1.16. The molecule has 0 spiro atoms. The van der Waals surface area contributed by atoms with Gasteiger partial charge in [0, 0.05) is 43.2 Å². The van der Waals surface area contributed by atoms with Gasteiger partial charge in [-0.3, -0.25) is 14.9 Å². The van der Waals surface area contributed by atoms with Crippen LogP contribution in [0.2, 0.25) is 5.02 Å². The largest absolute Gasteiger partial charge is 0.493 e. The molecule has 0 radical (unpaired) electrons. The molecule has 0 aliphatic carbocycles. The van der Waals surface area contributed by atoms with Crippen molar-refractivity contribution in [3.8, 4) is 17.2 Å². The number of hydrogen-bond donors (Lipinski definition) is 2. The molecule has 1 aliphatic rings. The third-order valence-electron chi connectivity index (χ3n) is 5.92. The van der Waals surface area contributed by atoms with E-state index in [1.165, 1.54) is 21.3 Å². The van der Waals surface area contributed by atoms with Crippen LogP contribution < -0.4 is 29.7 Å². The van der Waals surface area contributed by atoms with Crippen LogP contribution in [-0.4, -0.2) is 69.3 Å². The Morgan fingerprint density at radius 3 is 2.16 bits per heavy atom. The molecule has 37 heavy (non-hydrogen) atoms. The summed E-state index contributed by atoms with van der Waals surface area (Å²) in [7, 11) is 4.45. The normalized spacial score (nSPS) is 13.3. The first-order chi connectivity index (χ1) is 17.7. The molecule has 1 aliphatic heterocycles. The van der Waals surface area contributed by atoms with Crippen LogP contribution in [0.4, 0.5) is 11.4 Å². The molecule has 2 aromatic carbocycles. The quantitative estimate of drug-likeness (QED) is 0.475. The molecule has 2 aromatic rings. The zero-order chi connectivity index (χ0) is 27.1. The molecule has 200 valence electrons. The fourth-order valence-corrected chi connectivity index (χ4v) is 4.48. The van der Waals surface area contributed by atoms with Crippen molar-refractivity contribution in [2.45, 2.75) is 20.3 Å². The summed E-state index contributed by atoms with van der Waals surface area (Å²) < 4.78 is 16.0. The summed E-state index contributed by atoms with van der Waals surface area (Å²) >= 11 is 11.7. The van der Waals surface area contributed by atoms with Gasteiger partial charge in [0.2, 0.25) is 11.7 Å². The van der Waals surface area contributed by atoms with Crippen LogP contribution in [0.25, 0.3) is 0 Å². The van der Waals surface area contributed by atoms with Crippen molar-refractivity contribution in [2.75, 3.05) is 57.7 Å². The zero-order valence-corrected chi connectivity index (χ0v) is 23.3. The van der Waals surface area contributed by atoms with E-state index in [0.29, 0.717) is 66.5 Å². The number of rotatable bonds is 8. The molecule has 2 amide bonds. The minimum Gasteiger partial charge on any atom is -0.493 e. The molecule has 1 saturated heterocycles. The topological polar surface area (TPSA) is 92.4 Å². The maximum atomic E-state index is 12.9. The number of carbonyl (C=O) groups is 2. The predicted octanol–water partition coefficient (Wildman–Crippen LogP) is 4.19. The molecule has 0 aromatic heterocycles. The van der Waals surface area contributed by atoms with E-state index in [0.717, 1.165) is 5.69 Å². The van der Waals surface area contributed by atoms with Crippen molar-refractivity contribution >= 4 is 52.1 Å². The van der Waals surface area contributed by atoms with Crippen LogP contribution in [0, 0.1) is 5.92 Å². The van der Waals surface area contributed by atoms with Gasteiger partial charge in [-0.2, -0.15) is 0 Å². The van der Waals surface area contributed by atoms with Gasteiger partial charge in [-0.25, -0.2) is 0 Å². The average Bonchev–Trinajstić information content (AvgIpc) is 2.87. The van der Waals surface area contributed by atoms with Crippen molar-refractivity contribution in [2.24, 2.45) is 5.92 Å². The minimum atomic E-state index is -0.447. The summed E-state index contributed by atoms with van der Waals surface area (Å²) in [6, 6.07) is 8.55. The molecule has 3 rings (SSSR count). The van der Waals surface area contributed by atoms with E-state index in [-0.39, 0.29) is 16.6 Å². The molecule has 0 unspecified atom stereocenters. The molecule has 0 atom stereocenters. The fourth-order valence-electron chi connectivity index (χ4n) is 4.10. The highest BCUT2D eigenvalue weighted by atomic mass is 35.5. The van der Waals surface area contributed by atoms with Crippen LogP contribution in [0.5, 0.6) is 17.2 Å². The molecule has 0 saturated carbocycles. The number of methoxy groups -OCH3 is 3. The van der Waals surface area contributed by atoms with Gasteiger partial charge in [0.15, 0.2) is 16.6 Å². The Morgan fingerprint density at radius 1 is 1.00 bits per heavy atom. The highest BCUT2D eigenvalue weighted by Crippen LogP contribution is 2.38. The van der Waals surface area contributed by atoms with Gasteiger partial charge < -0.3 is 29.3 Å². The minimum absolute atomic E-state index is 0.105. The predicted molar refractivity (Wildman–Crippen MR) is 149 cm³/mol. The maximum Gasteiger partial charge on any atom is 0.257 e. The van der Waals surface area contributed by atoms with Gasteiger partial charge in [0.25, 0.3) is 5.91 Å². The average molecular weight is 549 g/mol. The van der Waals surface area contributed by atoms with Crippen LogP contribution in [0.3, 0.4) is 0 Å². The highest BCUT2D eigenvalue weighted by molar-refractivity contribution is 7.80. The van der Waals surface area contributed by atoms with E-state index in [1.807, 2.05) is 24.8 Å². The standard InChI is InChI=1S/C26H33ClN4O5S/c1-16(2)12-23(32)31-10-8-30(9-11-31)20-7-6-18(27)15-19(20)28-26(37)29-25(33)17-13-21(34-3)24(36-5)22(14-17)35-4/h6-7,13-16H,8-12H2,1-5H3,(H2,28,29,33,37). The van der Waals surface area contributed by atoms with E-state index < -0.39 is 5.91 Å². The summed E-state index contributed by atoms with van der Waals surface area (Å²) in [6.45, 7) is 6.70. The van der Waals surface area contributed by atoms with E-state index in [2.05, 4.69) is 15.5 Å². The van der Waals surface area contributed by atoms with Crippen LogP contribution >= 0.6 is 23.8 Å². The maximum absolute atomic E-state index is 12.9. The summed E-state index contributed by atoms with van der Waals surface area (Å²) in [5.41, 5.74) is 1.82. The number of anilines is 2. The molecular weight excluding hydrogens is 516 g/mol. The summed E-state index contributed by atoms with van der Waals surface area (Å²) in [4.78, 5) is 29.5. The highest BCUT2D eigenvalue weighted by Gasteiger charge is 2.24. The molecule has 11 heteroatoms.